The third-order valence-electron chi connectivity index (χ3n) is 3.47. The molecule has 8 heteroatoms. The second-order valence-corrected chi connectivity index (χ2v) is 7.38. The first-order valence-electron chi connectivity index (χ1n) is 7.42. The highest BCUT2D eigenvalue weighted by molar-refractivity contribution is 7.92. The van der Waals surface area contributed by atoms with Crippen LogP contribution in [0.15, 0.2) is 42.5 Å². The Morgan fingerprint density at radius 1 is 0.880 bits per heavy atom. The lowest BCUT2D eigenvalue weighted by Gasteiger charge is -2.11. The van der Waals surface area contributed by atoms with E-state index in [1.54, 1.807) is 38.1 Å². The molecule has 0 saturated carbocycles. The fourth-order valence-corrected chi connectivity index (χ4v) is 2.77. The molecule has 2 aromatic rings. The number of aryl methyl sites for hydroxylation is 2. The van der Waals surface area contributed by atoms with Crippen LogP contribution in [0.3, 0.4) is 0 Å². The second kappa shape index (κ2) is 7.35. The summed E-state index contributed by atoms with van der Waals surface area (Å²) >= 11 is 0. The minimum absolute atomic E-state index is 0.210. The summed E-state index contributed by atoms with van der Waals surface area (Å²) in [7, 11) is -3.46. The zero-order valence-electron chi connectivity index (χ0n) is 14.1. The van der Waals surface area contributed by atoms with Gasteiger partial charge in [-0.2, -0.15) is 0 Å². The standard InChI is InChI=1S/C17H19N3O4S/c1-11-6-4-5-7-14(11)17(22)19-18-16(21)13-9-8-12(2)15(10-13)20-25(3,23)24/h4-10,20H,1-3H3,(H,18,21)(H,19,22). The van der Waals surface area contributed by atoms with E-state index in [4.69, 9.17) is 0 Å². The summed E-state index contributed by atoms with van der Waals surface area (Å²) < 4.78 is 25.1. The highest BCUT2D eigenvalue weighted by atomic mass is 32.2. The molecule has 0 bridgehead atoms. The van der Waals surface area contributed by atoms with Gasteiger partial charge in [0.1, 0.15) is 0 Å². The van der Waals surface area contributed by atoms with Crippen LogP contribution in [0, 0.1) is 13.8 Å². The SMILES string of the molecule is Cc1ccc(C(=O)NNC(=O)c2ccccc2C)cc1NS(C)(=O)=O. The molecule has 7 nitrogen and oxygen atoms in total. The minimum atomic E-state index is -3.46. The third kappa shape index (κ3) is 5.05. The lowest BCUT2D eigenvalue weighted by Crippen LogP contribution is -2.41. The average molecular weight is 361 g/mol. The number of carbonyl (C=O) groups excluding carboxylic acids is 2. The molecule has 2 rings (SSSR count). The first-order valence-corrected chi connectivity index (χ1v) is 9.31. The van der Waals surface area contributed by atoms with E-state index in [2.05, 4.69) is 15.6 Å². The molecule has 0 spiro atoms. The van der Waals surface area contributed by atoms with Crippen molar-refractivity contribution in [3.05, 3.63) is 64.7 Å². The number of amides is 2. The van der Waals surface area contributed by atoms with Gasteiger partial charge in [0.25, 0.3) is 11.8 Å². The van der Waals surface area contributed by atoms with Crippen molar-refractivity contribution in [3.8, 4) is 0 Å². The molecule has 2 aromatic carbocycles. The quantitative estimate of drug-likeness (QED) is 0.722. The van der Waals surface area contributed by atoms with Crippen LogP contribution >= 0.6 is 0 Å². The molecule has 0 aliphatic heterocycles. The Hall–Kier alpha value is -2.87. The van der Waals surface area contributed by atoms with Crippen molar-refractivity contribution >= 4 is 27.5 Å². The molecule has 0 radical (unpaired) electrons. The van der Waals surface area contributed by atoms with Gasteiger partial charge in [0, 0.05) is 11.1 Å². The summed E-state index contributed by atoms with van der Waals surface area (Å²) in [6, 6.07) is 11.5. The van der Waals surface area contributed by atoms with Gasteiger partial charge in [-0.15, -0.1) is 0 Å². The summed E-state index contributed by atoms with van der Waals surface area (Å²) in [6.45, 7) is 3.51. The Morgan fingerprint density at radius 3 is 2.16 bits per heavy atom. The number of benzene rings is 2. The van der Waals surface area contributed by atoms with Gasteiger partial charge in [-0.05, 0) is 43.2 Å². The largest absolute Gasteiger partial charge is 0.283 e. The number of nitrogens with one attached hydrogen (secondary N) is 3. The van der Waals surface area contributed by atoms with Crippen molar-refractivity contribution in [1.82, 2.24) is 10.9 Å². The van der Waals surface area contributed by atoms with E-state index in [1.165, 1.54) is 12.1 Å². The average Bonchev–Trinajstić information content (AvgIpc) is 2.53. The second-order valence-electron chi connectivity index (χ2n) is 5.63. The van der Waals surface area contributed by atoms with Crippen molar-refractivity contribution in [2.45, 2.75) is 13.8 Å². The van der Waals surface area contributed by atoms with Crippen LogP contribution in [0.4, 0.5) is 5.69 Å². The molecular weight excluding hydrogens is 342 g/mol. The Bertz CT molecular complexity index is 923. The maximum atomic E-state index is 12.2. The monoisotopic (exact) mass is 361 g/mol. The number of hydrazine groups is 1. The number of carbonyl (C=O) groups is 2. The molecule has 2 amide bonds. The number of hydrogen-bond donors (Lipinski definition) is 3. The number of rotatable bonds is 4. The predicted octanol–water partition coefficient (Wildman–Crippen LogP) is 1.75. The van der Waals surface area contributed by atoms with E-state index in [0.717, 1.165) is 11.8 Å². The summed E-state index contributed by atoms with van der Waals surface area (Å²) in [6.07, 6.45) is 1.03. The first kappa shape index (κ1) is 18.5. The summed E-state index contributed by atoms with van der Waals surface area (Å²) in [4.78, 5) is 24.3. The van der Waals surface area contributed by atoms with Crippen molar-refractivity contribution in [2.75, 3.05) is 11.0 Å². The van der Waals surface area contributed by atoms with E-state index in [-0.39, 0.29) is 5.56 Å². The zero-order valence-corrected chi connectivity index (χ0v) is 14.9. The zero-order chi connectivity index (χ0) is 18.6. The van der Waals surface area contributed by atoms with Crippen LogP contribution in [0.5, 0.6) is 0 Å². The topological polar surface area (TPSA) is 104 Å². The van der Waals surface area contributed by atoms with E-state index >= 15 is 0 Å². The highest BCUT2D eigenvalue weighted by Gasteiger charge is 2.13. The number of anilines is 1. The predicted molar refractivity (Wildman–Crippen MR) is 95.8 cm³/mol. The third-order valence-corrected chi connectivity index (χ3v) is 4.07. The number of sulfonamides is 1. The van der Waals surface area contributed by atoms with Crippen molar-refractivity contribution in [3.63, 3.8) is 0 Å². The van der Waals surface area contributed by atoms with Crippen molar-refractivity contribution in [1.29, 1.82) is 0 Å². The van der Waals surface area contributed by atoms with Crippen LogP contribution in [0.1, 0.15) is 31.8 Å². The lowest BCUT2D eigenvalue weighted by atomic mass is 10.1. The van der Waals surface area contributed by atoms with Gasteiger partial charge in [-0.25, -0.2) is 8.42 Å². The van der Waals surface area contributed by atoms with Crippen LogP contribution < -0.4 is 15.6 Å². The molecule has 0 atom stereocenters. The van der Waals surface area contributed by atoms with Crippen LogP contribution in [-0.2, 0) is 10.0 Å². The van der Waals surface area contributed by atoms with E-state index in [1.807, 2.05) is 6.07 Å². The van der Waals surface area contributed by atoms with Crippen molar-refractivity contribution < 1.29 is 18.0 Å². The first-order chi connectivity index (χ1) is 11.7. The van der Waals surface area contributed by atoms with E-state index in [0.29, 0.717) is 16.8 Å². The van der Waals surface area contributed by atoms with Gasteiger partial charge in [0.15, 0.2) is 0 Å². The highest BCUT2D eigenvalue weighted by Crippen LogP contribution is 2.18. The molecule has 0 heterocycles. The Kier molecular flexibility index (Phi) is 5.43. The molecule has 0 aliphatic carbocycles. The molecule has 0 aromatic heterocycles. The van der Waals surface area contributed by atoms with Gasteiger partial charge >= 0.3 is 0 Å². The molecule has 25 heavy (non-hydrogen) atoms. The molecule has 0 fully saturated rings. The molecule has 0 saturated heterocycles. The summed E-state index contributed by atoms with van der Waals surface area (Å²) in [5.74, 6) is -0.994. The van der Waals surface area contributed by atoms with Crippen molar-refractivity contribution in [2.24, 2.45) is 0 Å². The van der Waals surface area contributed by atoms with Crippen LogP contribution in [0.25, 0.3) is 0 Å². The van der Waals surface area contributed by atoms with Crippen LogP contribution in [0.2, 0.25) is 0 Å². The summed E-state index contributed by atoms with van der Waals surface area (Å²) in [5, 5.41) is 0. The Labute approximate surface area is 146 Å². The fraction of sp³-hybridized carbons (Fsp3) is 0.176. The van der Waals surface area contributed by atoms with Gasteiger partial charge in [-0.3, -0.25) is 25.2 Å². The molecule has 3 N–H and O–H groups in total. The normalized spacial score (nSPS) is 10.8. The fourth-order valence-electron chi connectivity index (χ4n) is 2.15. The van der Waals surface area contributed by atoms with E-state index < -0.39 is 21.8 Å². The molecule has 0 unspecified atom stereocenters. The maximum absolute atomic E-state index is 12.2. The molecular formula is C17H19N3O4S. The number of hydrogen-bond acceptors (Lipinski definition) is 4. The van der Waals surface area contributed by atoms with Crippen LogP contribution in [-0.4, -0.2) is 26.5 Å². The van der Waals surface area contributed by atoms with Gasteiger partial charge in [0.05, 0.1) is 11.9 Å². The smallest absolute Gasteiger partial charge is 0.269 e. The molecule has 0 aliphatic rings. The molecule has 132 valence electrons. The Balaban J connectivity index is 2.10. The maximum Gasteiger partial charge on any atom is 0.269 e. The lowest BCUT2D eigenvalue weighted by molar-refractivity contribution is 0.0846. The minimum Gasteiger partial charge on any atom is -0.283 e. The Morgan fingerprint density at radius 2 is 1.52 bits per heavy atom. The van der Waals surface area contributed by atoms with Gasteiger partial charge in [-0.1, -0.05) is 24.3 Å². The summed E-state index contributed by atoms with van der Waals surface area (Å²) in [5.41, 5.74) is 7.08. The van der Waals surface area contributed by atoms with E-state index in [9.17, 15) is 18.0 Å². The van der Waals surface area contributed by atoms with Gasteiger partial charge < -0.3 is 0 Å². The van der Waals surface area contributed by atoms with Gasteiger partial charge in [0.2, 0.25) is 10.0 Å².